The van der Waals surface area contributed by atoms with Gasteiger partial charge in [0.1, 0.15) is 0 Å². The van der Waals surface area contributed by atoms with Gasteiger partial charge in [-0.25, -0.2) is 0 Å². The van der Waals surface area contributed by atoms with Crippen LogP contribution < -0.4 is 5.73 Å². The molecular formula is C14H20Cl2N2. The summed E-state index contributed by atoms with van der Waals surface area (Å²) in [5.41, 5.74) is 6.96. The van der Waals surface area contributed by atoms with Gasteiger partial charge in [0.15, 0.2) is 0 Å². The fraction of sp³-hybridized carbons (Fsp3) is 0.571. The monoisotopic (exact) mass is 286 g/mol. The summed E-state index contributed by atoms with van der Waals surface area (Å²) in [6, 6.07) is 6.66. The maximum absolute atomic E-state index is 6.20. The van der Waals surface area contributed by atoms with Crippen molar-refractivity contribution < 1.29 is 0 Å². The van der Waals surface area contributed by atoms with Crippen LogP contribution in [0.1, 0.15) is 31.2 Å². The van der Waals surface area contributed by atoms with Crippen molar-refractivity contribution in [1.29, 1.82) is 0 Å². The molecule has 1 aliphatic carbocycles. The Balaban J connectivity index is 2.00. The van der Waals surface area contributed by atoms with Crippen molar-refractivity contribution in [1.82, 2.24) is 4.90 Å². The zero-order valence-corrected chi connectivity index (χ0v) is 12.2. The summed E-state index contributed by atoms with van der Waals surface area (Å²) >= 11 is 12.4. The maximum Gasteiger partial charge on any atom is 0.0465 e. The average Bonchev–Trinajstić information content (AvgIpc) is 2.34. The Kier molecular flexibility index (Phi) is 4.91. The van der Waals surface area contributed by atoms with Gasteiger partial charge in [0.05, 0.1) is 0 Å². The Morgan fingerprint density at radius 1 is 1.17 bits per heavy atom. The van der Waals surface area contributed by atoms with Gasteiger partial charge in [-0.05, 0) is 44.9 Å². The van der Waals surface area contributed by atoms with E-state index in [1.807, 2.05) is 18.2 Å². The van der Waals surface area contributed by atoms with Crippen LogP contribution in [0.15, 0.2) is 18.2 Å². The highest BCUT2D eigenvalue weighted by molar-refractivity contribution is 6.35. The molecule has 0 atom stereocenters. The molecule has 4 heteroatoms. The van der Waals surface area contributed by atoms with Gasteiger partial charge in [0, 0.05) is 34.2 Å². The van der Waals surface area contributed by atoms with E-state index in [0.717, 1.165) is 35.0 Å². The predicted octanol–water partition coefficient (Wildman–Crippen LogP) is 3.70. The molecule has 0 bridgehead atoms. The Bertz CT molecular complexity index is 381. The van der Waals surface area contributed by atoms with Crippen LogP contribution in [0.5, 0.6) is 0 Å². The summed E-state index contributed by atoms with van der Waals surface area (Å²) in [7, 11) is 2.14. The molecule has 0 unspecified atom stereocenters. The molecule has 100 valence electrons. The van der Waals surface area contributed by atoms with Gasteiger partial charge in [0.2, 0.25) is 0 Å². The van der Waals surface area contributed by atoms with Gasteiger partial charge in [-0.1, -0.05) is 29.3 Å². The van der Waals surface area contributed by atoms with Crippen molar-refractivity contribution >= 4 is 23.2 Å². The molecule has 2 N–H and O–H groups in total. The number of nitrogens with zero attached hydrogens (tertiary/aromatic N) is 1. The molecule has 1 aliphatic rings. The lowest BCUT2D eigenvalue weighted by Crippen LogP contribution is -2.38. The molecule has 1 aromatic rings. The minimum Gasteiger partial charge on any atom is -0.328 e. The van der Waals surface area contributed by atoms with Crippen LogP contribution >= 0.6 is 23.2 Å². The molecular weight excluding hydrogens is 267 g/mol. The predicted molar refractivity (Wildman–Crippen MR) is 78.2 cm³/mol. The number of hydrogen-bond acceptors (Lipinski definition) is 2. The van der Waals surface area contributed by atoms with Gasteiger partial charge in [-0.2, -0.15) is 0 Å². The molecule has 2 nitrogen and oxygen atoms in total. The minimum atomic E-state index is 0.388. The molecule has 2 rings (SSSR count). The second-order valence-electron chi connectivity index (χ2n) is 5.18. The number of nitrogens with two attached hydrogens (primary N) is 1. The summed E-state index contributed by atoms with van der Waals surface area (Å²) in [6.07, 6.45) is 4.57. The van der Waals surface area contributed by atoms with E-state index in [2.05, 4.69) is 11.9 Å². The molecule has 1 fully saturated rings. The summed E-state index contributed by atoms with van der Waals surface area (Å²) in [5, 5.41) is 1.50. The van der Waals surface area contributed by atoms with Gasteiger partial charge >= 0.3 is 0 Å². The number of benzene rings is 1. The highest BCUT2D eigenvalue weighted by Gasteiger charge is 2.22. The van der Waals surface area contributed by atoms with Gasteiger partial charge < -0.3 is 5.73 Å². The molecule has 0 amide bonds. The second kappa shape index (κ2) is 6.25. The third kappa shape index (κ3) is 3.39. The lowest BCUT2D eigenvalue weighted by Gasteiger charge is -2.33. The molecule has 0 spiro atoms. The molecule has 1 saturated carbocycles. The van der Waals surface area contributed by atoms with E-state index in [4.69, 9.17) is 28.9 Å². The number of hydrogen-bond donors (Lipinski definition) is 1. The second-order valence-corrected chi connectivity index (χ2v) is 6.00. The molecule has 18 heavy (non-hydrogen) atoms. The Morgan fingerprint density at radius 3 is 2.28 bits per heavy atom. The van der Waals surface area contributed by atoms with Crippen LogP contribution in [0.2, 0.25) is 10.0 Å². The van der Waals surface area contributed by atoms with Crippen molar-refractivity contribution in [3.63, 3.8) is 0 Å². The fourth-order valence-electron chi connectivity index (χ4n) is 2.60. The van der Waals surface area contributed by atoms with Crippen LogP contribution in [-0.4, -0.2) is 24.0 Å². The fourth-order valence-corrected chi connectivity index (χ4v) is 3.12. The van der Waals surface area contributed by atoms with E-state index < -0.39 is 0 Å². The van der Waals surface area contributed by atoms with Crippen molar-refractivity contribution in [2.24, 2.45) is 5.73 Å². The molecule has 0 aromatic heterocycles. The van der Waals surface area contributed by atoms with E-state index in [1.165, 1.54) is 12.8 Å². The first kappa shape index (κ1) is 14.1. The third-order valence-corrected chi connectivity index (χ3v) is 4.54. The van der Waals surface area contributed by atoms with E-state index in [-0.39, 0.29) is 0 Å². The zero-order chi connectivity index (χ0) is 13.1. The van der Waals surface area contributed by atoms with Crippen molar-refractivity contribution in [3.05, 3.63) is 33.8 Å². The van der Waals surface area contributed by atoms with E-state index in [9.17, 15) is 0 Å². The standard InChI is InChI=1S/C14H20Cl2N2/c1-18(11-7-5-10(17)6-8-11)9-12-13(15)3-2-4-14(12)16/h2-4,10-11H,5-9,17H2,1H3. The van der Waals surface area contributed by atoms with E-state index >= 15 is 0 Å². The largest absolute Gasteiger partial charge is 0.328 e. The molecule has 1 aromatic carbocycles. The SMILES string of the molecule is CN(Cc1c(Cl)cccc1Cl)C1CCC(N)CC1. The summed E-state index contributed by atoms with van der Waals surface area (Å²) in [5.74, 6) is 0. The van der Waals surface area contributed by atoms with E-state index in [1.54, 1.807) is 0 Å². The van der Waals surface area contributed by atoms with Gasteiger partial charge in [-0.15, -0.1) is 0 Å². The zero-order valence-electron chi connectivity index (χ0n) is 10.7. The van der Waals surface area contributed by atoms with Crippen LogP contribution in [0.25, 0.3) is 0 Å². The average molecular weight is 287 g/mol. The summed E-state index contributed by atoms with van der Waals surface area (Å²) < 4.78 is 0. The van der Waals surface area contributed by atoms with Crippen LogP contribution in [0, 0.1) is 0 Å². The van der Waals surface area contributed by atoms with Crippen molar-refractivity contribution in [2.75, 3.05) is 7.05 Å². The maximum atomic E-state index is 6.20. The van der Waals surface area contributed by atoms with Gasteiger partial charge in [0.25, 0.3) is 0 Å². The minimum absolute atomic E-state index is 0.388. The van der Waals surface area contributed by atoms with Crippen molar-refractivity contribution in [2.45, 2.75) is 44.3 Å². The quantitative estimate of drug-likeness (QED) is 0.918. The smallest absolute Gasteiger partial charge is 0.0465 e. The van der Waals surface area contributed by atoms with Crippen LogP contribution in [0.4, 0.5) is 0 Å². The molecule has 0 aliphatic heterocycles. The summed E-state index contributed by atoms with van der Waals surface area (Å²) in [4.78, 5) is 2.35. The highest BCUT2D eigenvalue weighted by atomic mass is 35.5. The third-order valence-electron chi connectivity index (χ3n) is 3.83. The Hall–Kier alpha value is -0.280. The lowest BCUT2D eigenvalue weighted by molar-refractivity contribution is 0.176. The first-order valence-electron chi connectivity index (χ1n) is 6.46. The van der Waals surface area contributed by atoms with Gasteiger partial charge in [-0.3, -0.25) is 4.90 Å². The highest BCUT2D eigenvalue weighted by Crippen LogP contribution is 2.28. The van der Waals surface area contributed by atoms with E-state index in [0.29, 0.717) is 12.1 Å². The van der Waals surface area contributed by atoms with Crippen LogP contribution in [-0.2, 0) is 6.54 Å². The summed E-state index contributed by atoms with van der Waals surface area (Å²) in [6.45, 7) is 0.804. The Labute approximate surface area is 119 Å². The Morgan fingerprint density at radius 2 is 1.72 bits per heavy atom. The lowest BCUT2D eigenvalue weighted by atomic mass is 9.91. The normalized spacial score (nSPS) is 24.5. The molecule has 0 saturated heterocycles. The van der Waals surface area contributed by atoms with Crippen molar-refractivity contribution in [3.8, 4) is 0 Å². The number of rotatable bonds is 3. The first-order chi connectivity index (χ1) is 8.58. The van der Waals surface area contributed by atoms with Crippen LogP contribution in [0.3, 0.4) is 0 Å². The first-order valence-corrected chi connectivity index (χ1v) is 7.22. The molecule has 0 heterocycles. The number of halogens is 2. The topological polar surface area (TPSA) is 29.3 Å². The molecule has 0 radical (unpaired) electrons.